The van der Waals surface area contributed by atoms with E-state index in [9.17, 15) is 0 Å². The van der Waals surface area contributed by atoms with Crippen molar-refractivity contribution in [3.8, 4) is 11.6 Å². The minimum Gasteiger partial charge on any atom is -0.494 e. The number of ether oxygens (including phenoxy) is 2. The lowest BCUT2D eigenvalue weighted by molar-refractivity contribution is 0.340. The Bertz CT molecular complexity index is 692. The highest BCUT2D eigenvalue weighted by Crippen LogP contribution is 2.14. The molecule has 0 aliphatic heterocycles. The molecule has 2 rings (SSSR count). The van der Waals surface area contributed by atoms with E-state index in [-0.39, 0.29) is 24.0 Å². The molecule has 0 saturated carbocycles. The van der Waals surface area contributed by atoms with Gasteiger partial charge in [-0.25, -0.2) is 4.98 Å². The number of guanidine groups is 1. The molecule has 1 heterocycles. The van der Waals surface area contributed by atoms with Gasteiger partial charge in [0.15, 0.2) is 5.96 Å². The monoisotopic (exact) mass is 470 g/mol. The average molecular weight is 470 g/mol. The van der Waals surface area contributed by atoms with Crippen LogP contribution in [0, 0.1) is 0 Å². The van der Waals surface area contributed by atoms with E-state index < -0.39 is 0 Å². The molecule has 1 N–H and O–H groups in total. The van der Waals surface area contributed by atoms with E-state index in [1.54, 1.807) is 20.4 Å². The van der Waals surface area contributed by atoms with Crippen LogP contribution in [-0.2, 0) is 13.1 Å². The van der Waals surface area contributed by atoms with Gasteiger partial charge in [-0.1, -0.05) is 18.2 Å². The number of hydrogen-bond donors (Lipinski definition) is 1. The Morgan fingerprint density at radius 3 is 2.58 bits per heavy atom. The van der Waals surface area contributed by atoms with E-state index in [2.05, 4.69) is 32.3 Å². The van der Waals surface area contributed by atoms with E-state index >= 15 is 0 Å². The Hall–Kier alpha value is -2.03. The standard InChI is InChI=1S/C19H26N4O2.HI/c1-5-25-17-10-8-15(9-11-17)14-23(3)19(20-2)22-13-16-7-6-12-21-18(16)24-4;/h6-12H,5,13-14H2,1-4H3,(H,20,22);1H. The fourth-order valence-corrected chi connectivity index (χ4v) is 2.51. The van der Waals surface area contributed by atoms with Crippen LogP contribution in [0.15, 0.2) is 47.6 Å². The quantitative estimate of drug-likeness (QED) is 0.382. The predicted molar refractivity (Wildman–Crippen MR) is 115 cm³/mol. The van der Waals surface area contributed by atoms with Crippen molar-refractivity contribution in [1.29, 1.82) is 0 Å². The number of halogens is 1. The van der Waals surface area contributed by atoms with Crippen molar-refractivity contribution in [1.82, 2.24) is 15.2 Å². The molecule has 142 valence electrons. The summed E-state index contributed by atoms with van der Waals surface area (Å²) in [6.07, 6.45) is 1.72. The first kappa shape index (κ1) is 22.0. The number of aliphatic imine (C=N–C) groups is 1. The molecule has 0 spiro atoms. The number of hydrogen-bond acceptors (Lipinski definition) is 4. The van der Waals surface area contributed by atoms with Gasteiger partial charge in [-0.15, -0.1) is 24.0 Å². The van der Waals surface area contributed by atoms with Crippen LogP contribution in [-0.4, -0.2) is 43.7 Å². The number of methoxy groups -OCH3 is 1. The molecule has 6 nitrogen and oxygen atoms in total. The van der Waals surface area contributed by atoms with E-state index in [1.807, 2.05) is 38.2 Å². The lowest BCUT2D eigenvalue weighted by atomic mass is 10.2. The Kier molecular flexibility index (Phi) is 9.79. The summed E-state index contributed by atoms with van der Waals surface area (Å²) >= 11 is 0. The van der Waals surface area contributed by atoms with Crippen LogP contribution >= 0.6 is 24.0 Å². The maximum Gasteiger partial charge on any atom is 0.218 e. The van der Waals surface area contributed by atoms with Gasteiger partial charge in [0, 0.05) is 38.9 Å². The van der Waals surface area contributed by atoms with Gasteiger partial charge in [0.05, 0.1) is 13.7 Å². The van der Waals surface area contributed by atoms with Gasteiger partial charge >= 0.3 is 0 Å². The van der Waals surface area contributed by atoms with Gasteiger partial charge in [0.1, 0.15) is 5.75 Å². The second-order valence-electron chi connectivity index (χ2n) is 5.51. The first-order valence-corrected chi connectivity index (χ1v) is 8.29. The van der Waals surface area contributed by atoms with Gasteiger partial charge in [-0.05, 0) is 30.7 Å². The zero-order valence-corrected chi connectivity index (χ0v) is 18.1. The lowest BCUT2D eigenvalue weighted by Gasteiger charge is -2.22. The van der Waals surface area contributed by atoms with Crippen LogP contribution in [0.1, 0.15) is 18.1 Å². The van der Waals surface area contributed by atoms with Crippen molar-refractivity contribution in [3.63, 3.8) is 0 Å². The molecular weight excluding hydrogens is 443 g/mol. The van der Waals surface area contributed by atoms with Crippen molar-refractivity contribution in [2.24, 2.45) is 4.99 Å². The van der Waals surface area contributed by atoms with Crippen molar-refractivity contribution < 1.29 is 9.47 Å². The first-order chi connectivity index (χ1) is 12.2. The summed E-state index contributed by atoms with van der Waals surface area (Å²) in [5.41, 5.74) is 2.17. The second-order valence-corrected chi connectivity index (χ2v) is 5.51. The number of pyridine rings is 1. The lowest BCUT2D eigenvalue weighted by Crippen LogP contribution is -2.38. The van der Waals surface area contributed by atoms with Gasteiger partial charge in [0.2, 0.25) is 5.88 Å². The smallest absolute Gasteiger partial charge is 0.218 e. The molecule has 0 bridgehead atoms. The van der Waals surface area contributed by atoms with Gasteiger partial charge in [-0.3, -0.25) is 4.99 Å². The van der Waals surface area contributed by atoms with Gasteiger partial charge in [0.25, 0.3) is 0 Å². The molecule has 1 aromatic carbocycles. The molecule has 0 unspecified atom stereocenters. The van der Waals surface area contributed by atoms with Crippen molar-refractivity contribution in [2.45, 2.75) is 20.0 Å². The molecule has 26 heavy (non-hydrogen) atoms. The summed E-state index contributed by atoms with van der Waals surface area (Å²) in [4.78, 5) is 10.6. The van der Waals surface area contributed by atoms with Crippen LogP contribution in [0.2, 0.25) is 0 Å². The van der Waals surface area contributed by atoms with Crippen molar-refractivity contribution in [3.05, 3.63) is 53.7 Å². The van der Waals surface area contributed by atoms with Crippen LogP contribution in [0.5, 0.6) is 11.6 Å². The Morgan fingerprint density at radius 2 is 1.96 bits per heavy atom. The Morgan fingerprint density at radius 1 is 1.23 bits per heavy atom. The maximum atomic E-state index is 5.48. The van der Waals surface area contributed by atoms with Crippen LogP contribution in [0.25, 0.3) is 0 Å². The number of benzene rings is 1. The fourth-order valence-electron chi connectivity index (χ4n) is 2.51. The number of aromatic nitrogens is 1. The average Bonchev–Trinajstić information content (AvgIpc) is 2.64. The summed E-state index contributed by atoms with van der Waals surface area (Å²) < 4.78 is 10.8. The van der Waals surface area contributed by atoms with E-state index in [0.29, 0.717) is 19.0 Å². The third-order valence-corrected chi connectivity index (χ3v) is 3.71. The molecule has 0 fully saturated rings. The molecule has 0 aliphatic carbocycles. The molecular formula is C19H27IN4O2. The van der Waals surface area contributed by atoms with Crippen LogP contribution in [0.4, 0.5) is 0 Å². The molecule has 0 saturated heterocycles. The zero-order chi connectivity index (χ0) is 18.1. The van der Waals surface area contributed by atoms with Crippen LogP contribution < -0.4 is 14.8 Å². The third-order valence-electron chi connectivity index (χ3n) is 3.71. The molecule has 0 amide bonds. The molecule has 7 heteroatoms. The topological polar surface area (TPSA) is 59.0 Å². The Balaban J connectivity index is 0.00000338. The van der Waals surface area contributed by atoms with E-state index in [4.69, 9.17) is 9.47 Å². The highest BCUT2D eigenvalue weighted by molar-refractivity contribution is 14.0. The molecule has 1 aromatic heterocycles. The maximum absolute atomic E-state index is 5.48. The summed E-state index contributed by atoms with van der Waals surface area (Å²) in [5.74, 6) is 2.32. The fraction of sp³-hybridized carbons (Fsp3) is 0.368. The molecule has 0 radical (unpaired) electrons. The summed E-state index contributed by atoms with van der Waals surface area (Å²) in [6, 6.07) is 12.0. The number of nitrogens with one attached hydrogen (secondary N) is 1. The Labute approximate surface area is 172 Å². The van der Waals surface area contributed by atoms with Crippen molar-refractivity contribution in [2.75, 3.05) is 27.8 Å². The second kappa shape index (κ2) is 11.6. The normalized spacial score (nSPS) is 10.7. The highest BCUT2D eigenvalue weighted by Gasteiger charge is 2.09. The van der Waals surface area contributed by atoms with E-state index in [1.165, 1.54) is 5.56 Å². The van der Waals surface area contributed by atoms with Crippen molar-refractivity contribution >= 4 is 29.9 Å². The molecule has 0 aliphatic rings. The molecule has 0 atom stereocenters. The third kappa shape index (κ3) is 6.36. The SMILES string of the molecule is CCOc1ccc(CN(C)C(=NC)NCc2cccnc2OC)cc1.I. The number of nitrogens with zero attached hydrogens (tertiary/aromatic N) is 3. The first-order valence-electron chi connectivity index (χ1n) is 8.29. The zero-order valence-electron chi connectivity index (χ0n) is 15.7. The van der Waals surface area contributed by atoms with Gasteiger partial charge < -0.3 is 19.7 Å². The minimum atomic E-state index is 0. The number of rotatable bonds is 7. The predicted octanol–water partition coefficient (Wildman–Crippen LogP) is 3.31. The molecule has 2 aromatic rings. The van der Waals surface area contributed by atoms with E-state index in [0.717, 1.165) is 23.8 Å². The minimum absolute atomic E-state index is 0. The summed E-state index contributed by atoms with van der Waals surface area (Å²) in [5, 5.41) is 3.34. The summed E-state index contributed by atoms with van der Waals surface area (Å²) in [6.45, 7) is 4.00. The van der Waals surface area contributed by atoms with Gasteiger partial charge in [-0.2, -0.15) is 0 Å². The van der Waals surface area contributed by atoms with Crippen LogP contribution in [0.3, 0.4) is 0 Å². The highest BCUT2D eigenvalue weighted by atomic mass is 127. The largest absolute Gasteiger partial charge is 0.494 e. The summed E-state index contributed by atoms with van der Waals surface area (Å²) in [7, 11) is 5.41.